The molecular formula is C16H23F2N. The molecule has 19 heavy (non-hydrogen) atoms. The van der Waals surface area contributed by atoms with E-state index >= 15 is 0 Å². The number of hydrogen-bond acceptors (Lipinski definition) is 1. The molecule has 1 fully saturated rings. The second kappa shape index (κ2) is 5.58. The van der Waals surface area contributed by atoms with Crippen LogP contribution in [0.25, 0.3) is 0 Å². The average Bonchev–Trinajstić information content (AvgIpc) is 2.37. The second-order valence-electron chi connectivity index (χ2n) is 6.08. The van der Waals surface area contributed by atoms with Crippen LogP contribution in [0.5, 0.6) is 0 Å². The molecule has 1 aromatic carbocycles. The first-order valence-corrected chi connectivity index (χ1v) is 7.19. The Morgan fingerprint density at radius 1 is 1.21 bits per heavy atom. The molecule has 0 saturated heterocycles. The van der Waals surface area contributed by atoms with Crippen molar-refractivity contribution in [2.75, 3.05) is 0 Å². The average molecular weight is 267 g/mol. The van der Waals surface area contributed by atoms with Crippen molar-refractivity contribution in [2.45, 2.75) is 51.5 Å². The number of nitrogens with two attached hydrogens (primary N) is 1. The first kappa shape index (κ1) is 14.4. The fourth-order valence-corrected chi connectivity index (χ4v) is 3.31. The zero-order valence-corrected chi connectivity index (χ0v) is 11.8. The van der Waals surface area contributed by atoms with E-state index in [0.29, 0.717) is 17.4 Å². The molecule has 0 bridgehead atoms. The van der Waals surface area contributed by atoms with Gasteiger partial charge in [0.15, 0.2) is 0 Å². The lowest BCUT2D eigenvalue weighted by Gasteiger charge is -2.40. The van der Waals surface area contributed by atoms with Gasteiger partial charge in [0.2, 0.25) is 0 Å². The van der Waals surface area contributed by atoms with Crippen molar-refractivity contribution in [3.05, 3.63) is 35.4 Å². The zero-order valence-electron chi connectivity index (χ0n) is 11.8. The highest BCUT2D eigenvalue weighted by molar-refractivity contribution is 5.26. The molecule has 0 aromatic heterocycles. The van der Waals surface area contributed by atoms with Crippen LogP contribution in [0.3, 0.4) is 0 Å². The summed E-state index contributed by atoms with van der Waals surface area (Å²) < 4.78 is 26.7. The standard InChI is InChI=1S/C16H23F2N/c1-3-11-5-4-6-12(7-11)16(2,19)13-8-14(17)10-15(18)9-13/h8-12H,3-7,19H2,1-2H3. The summed E-state index contributed by atoms with van der Waals surface area (Å²) in [6, 6.07) is 3.65. The molecule has 106 valence electrons. The monoisotopic (exact) mass is 267 g/mol. The topological polar surface area (TPSA) is 26.0 Å². The maximum Gasteiger partial charge on any atom is 0.126 e. The summed E-state index contributed by atoms with van der Waals surface area (Å²) in [5.41, 5.74) is 6.35. The quantitative estimate of drug-likeness (QED) is 0.865. The van der Waals surface area contributed by atoms with Crippen LogP contribution in [-0.4, -0.2) is 0 Å². The minimum Gasteiger partial charge on any atom is -0.321 e. The summed E-state index contributed by atoms with van der Waals surface area (Å²) in [5.74, 6) is -0.100. The van der Waals surface area contributed by atoms with Crippen LogP contribution in [-0.2, 0) is 5.54 Å². The number of benzene rings is 1. The summed E-state index contributed by atoms with van der Waals surface area (Å²) in [7, 11) is 0. The van der Waals surface area contributed by atoms with Gasteiger partial charge in [-0.2, -0.15) is 0 Å². The van der Waals surface area contributed by atoms with Gasteiger partial charge in [-0.1, -0.05) is 26.2 Å². The predicted octanol–water partition coefficient (Wildman–Crippen LogP) is 4.36. The van der Waals surface area contributed by atoms with Crippen molar-refractivity contribution in [3.8, 4) is 0 Å². The maximum atomic E-state index is 13.4. The third-order valence-corrected chi connectivity index (χ3v) is 4.69. The van der Waals surface area contributed by atoms with E-state index in [0.717, 1.165) is 31.7 Å². The Hall–Kier alpha value is -0.960. The van der Waals surface area contributed by atoms with Gasteiger partial charge in [-0.15, -0.1) is 0 Å². The highest BCUT2D eigenvalue weighted by Gasteiger charge is 2.35. The molecule has 0 heterocycles. The molecule has 1 aliphatic rings. The molecular weight excluding hydrogens is 244 g/mol. The van der Waals surface area contributed by atoms with Gasteiger partial charge in [-0.25, -0.2) is 8.78 Å². The summed E-state index contributed by atoms with van der Waals surface area (Å²) in [6.45, 7) is 4.10. The molecule has 0 spiro atoms. The van der Waals surface area contributed by atoms with E-state index in [9.17, 15) is 8.78 Å². The number of rotatable bonds is 3. The van der Waals surface area contributed by atoms with Crippen LogP contribution < -0.4 is 5.73 Å². The van der Waals surface area contributed by atoms with Crippen LogP contribution >= 0.6 is 0 Å². The van der Waals surface area contributed by atoms with Crippen molar-refractivity contribution in [3.63, 3.8) is 0 Å². The Morgan fingerprint density at radius 3 is 2.42 bits per heavy atom. The minimum absolute atomic E-state index is 0.299. The SMILES string of the molecule is CCC1CCCC(C(C)(N)c2cc(F)cc(F)c2)C1. The van der Waals surface area contributed by atoms with E-state index in [1.807, 2.05) is 6.92 Å². The Morgan fingerprint density at radius 2 is 1.84 bits per heavy atom. The van der Waals surface area contributed by atoms with Gasteiger partial charge >= 0.3 is 0 Å². The molecule has 0 radical (unpaired) electrons. The molecule has 3 unspecified atom stereocenters. The van der Waals surface area contributed by atoms with Gasteiger partial charge in [0.1, 0.15) is 11.6 Å². The van der Waals surface area contributed by atoms with E-state index < -0.39 is 17.2 Å². The van der Waals surface area contributed by atoms with E-state index in [-0.39, 0.29) is 0 Å². The third-order valence-electron chi connectivity index (χ3n) is 4.69. The van der Waals surface area contributed by atoms with Crippen molar-refractivity contribution in [2.24, 2.45) is 17.6 Å². The molecule has 3 atom stereocenters. The smallest absolute Gasteiger partial charge is 0.126 e. The third kappa shape index (κ3) is 3.14. The number of hydrogen-bond donors (Lipinski definition) is 1. The first-order chi connectivity index (χ1) is 8.93. The van der Waals surface area contributed by atoms with E-state index in [1.165, 1.54) is 18.6 Å². The van der Waals surface area contributed by atoms with Crippen molar-refractivity contribution in [1.29, 1.82) is 0 Å². The summed E-state index contributed by atoms with van der Waals surface area (Å²) in [4.78, 5) is 0. The second-order valence-corrected chi connectivity index (χ2v) is 6.08. The highest BCUT2D eigenvalue weighted by Crippen LogP contribution is 2.40. The molecule has 0 aliphatic heterocycles. The van der Waals surface area contributed by atoms with Crippen LogP contribution in [0.15, 0.2) is 18.2 Å². The first-order valence-electron chi connectivity index (χ1n) is 7.19. The normalized spacial score (nSPS) is 27.0. The summed E-state index contributed by atoms with van der Waals surface area (Å²) >= 11 is 0. The Kier molecular flexibility index (Phi) is 4.24. The van der Waals surface area contributed by atoms with Crippen LogP contribution in [0.2, 0.25) is 0 Å². The van der Waals surface area contributed by atoms with E-state index in [2.05, 4.69) is 6.92 Å². The van der Waals surface area contributed by atoms with E-state index in [1.54, 1.807) is 0 Å². The Labute approximate surface area is 114 Å². The van der Waals surface area contributed by atoms with Crippen LogP contribution in [0.1, 0.15) is 51.5 Å². The molecule has 1 saturated carbocycles. The maximum absolute atomic E-state index is 13.4. The van der Waals surface area contributed by atoms with Crippen LogP contribution in [0.4, 0.5) is 8.78 Å². The fraction of sp³-hybridized carbons (Fsp3) is 0.625. The summed E-state index contributed by atoms with van der Waals surface area (Å²) in [6.07, 6.45) is 5.67. The highest BCUT2D eigenvalue weighted by atomic mass is 19.1. The zero-order chi connectivity index (χ0) is 14.0. The lowest BCUT2D eigenvalue weighted by atomic mass is 9.69. The van der Waals surface area contributed by atoms with Gasteiger partial charge in [0, 0.05) is 11.6 Å². The fourth-order valence-electron chi connectivity index (χ4n) is 3.31. The van der Waals surface area contributed by atoms with Crippen molar-refractivity contribution >= 4 is 0 Å². The molecule has 1 nitrogen and oxygen atoms in total. The lowest BCUT2D eigenvalue weighted by Crippen LogP contribution is -2.43. The minimum atomic E-state index is -0.656. The summed E-state index contributed by atoms with van der Waals surface area (Å²) in [5, 5.41) is 0. The van der Waals surface area contributed by atoms with Crippen molar-refractivity contribution in [1.82, 2.24) is 0 Å². The lowest BCUT2D eigenvalue weighted by molar-refractivity contribution is 0.173. The van der Waals surface area contributed by atoms with Gasteiger partial charge < -0.3 is 5.73 Å². The largest absolute Gasteiger partial charge is 0.321 e. The molecule has 1 aliphatic carbocycles. The molecule has 2 rings (SSSR count). The van der Waals surface area contributed by atoms with E-state index in [4.69, 9.17) is 5.73 Å². The van der Waals surface area contributed by atoms with Crippen molar-refractivity contribution < 1.29 is 8.78 Å². The Balaban J connectivity index is 2.25. The molecule has 0 amide bonds. The van der Waals surface area contributed by atoms with Gasteiger partial charge in [0.05, 0.1) is 0 Å². The van der Waals surface area contributed by atoms with Crippen LogP contribution in [0, 0.1) is 23.5 Å². The molecule has 3 heteroatoms. The predicted molar refractivity (Wildman–Crippen MR) is 73.6 cm³/mol. The number of halogens is 2. The van der Waals surface area contributed by atoms with Gasteiger partial charge in [0.25, 0.3) is 0 Å². The Bertz CT molecular complexity index is 422. The van der Waals surface area contributed by atoms with Gasteiger partial charge in [-0.05, 0) is 49.3 Å². The van der Waals surface area contributed by atoms with Gasteiger partial charge in [-0.3, -0.25) is 0 Å². The molecule has 1 aromatic rings. The molecule has 2 N–H and O–H groups in total.